The molecule has 1 aliphatic rings. The zero-order chi connectivity index (χ0) is 17.7. The maximum Gasteiger partial charge on any atom is 0.416 e. The van der Waals surface area contributed by atoms with E-state index in [1.807, 2.05) is 7.05 Å². The van der Waals surface area contributed by atoms with Gasteiger partial charge in [0.1, 0.15) is 0 Å². The second-order valence-corrected chi connectivity index (χ2v) is 6.20. The molecule has 2 rings (SSSR count). The van der Waals surface area contributed by atoms with E-state index in [2.05, 4.69) is 5.32 Å². The van der Waals surface area contributed by atoms with Crippen LogP contribution >= 0.6 is 0 Å². The van der Waals surface area contributed by atoms with Crippen molar-refractivity contribution in [2.24, 2.45) is 5.92 Å². The molecule has 1 aromatic carbocycles. The molecule has 0 aromatic heterocycles. The van der Waals surface area contributed by atoms with Gasteiger partial charge in [0.05, 0.1) is 5.56 Å². The van der Waals surface area contributed by atoms with Gasteiger partial charge in [-0.15, -0.1) is 0 Å². The molecule has 1 fully saturated rings. The molecule has 0 aliphatic carbocycles. The molecule has 1 saturated heterocycles. The summed E-state index contributed by atoms with van der Waals surface area (Å²) in [5.74, 6) is 0.336. The summed E-state index contributed by atoms with van der Waals surface area (Å²) in [6.07, 6.45) is -1.28. The third kappa shape index (κ3) is 4.60. The van der Waals surface area contributed by atoms with Crippen LogP contribution in [0.2, 0.25) is 0 Å². The minimum absolute atomic E-state index is 0.0587. The van der Waals surface area contributed by atoms with Crippen molar-refractivity contribution in [2.45, 2.75) is 25.9 Å². The van der Waals surface area contributed by atoms with Crippen LogP contribution in [0.1, 0.15) is 30.9 Å². The van der Waals surface area contributed by atoms with Crippen LogP contribution in [0.5, 0.6) is 0 Å². The Morgan fingerprint density at radius 3 is 2.50 bits per heavy atom. The van der Waals surface area contributed by atoms with Gasteiger partial charge in [-0.05, 0) is 56.5 Å². The second-order valence-electron chi connectivity index (χ2n) is 6.20. The highest BCUT2D eigenvalue weighted by Crippen LogP contribution is 2.34. The Hall–Kier alpha value is -1.82. The third-order valence-electron chi connectivity index (χ3n) is 4.42. The molecule has 132 valence electrons. The molecule has 1 aromatic rings. The quantitative estimate of drug-likeness (QED) is 0.850. The maximum absolute atomic E-state index is 13.1. The highest BCUT2D eigenvalue weighted by atomic mass is 19.4. The molecule has 1 N–H and O–H groups in total. The van der Waals surface area contributed by atoms with Crippen LogP contribution in [-0.4, -0.2) is 37.5 Å². The first-order valence-electron chi connectivity index (χ1n) is 8.11. The van der Waals surface area contributed by atoms with Crippen LogP contribution < -0.4 is 5.32 Å². The van der Waals surface area contributed by atoms with Crippen molar-refractivity contribution in [1.29, 1.82) is 0 Å². The number of hydrogen-bond acceptors (Lipinski definition) is 2. The number of hydrogen-bond donors (Lipinski definition) is 1. The van der Waals surface area contributed by atoms with Gasteiger partial charge in [0.25, 0.3) is 0 Å². The molecule has 0 atom stereocenters. The van der Waals surface area contributed by atoms with Crippen LogP contribution in [-0.2, 0) is 11.0 Å². The van der Waals surface area contributed by atoms with Crippen molar-refractivity contribution in [3.05, 3.63) is 41.5 Å². The lowest BCUT2D eigenvalue weighted by molar-refractivity contribution is -0.137. The fraction of sp³-hybridized carbons (Fsp3) is 0.500. The number of halogens is 3. The highest BCUT2D eigenvalue weighted by Gasteiger charge is 2.33. The van der Waals surface area contributed by atoms with E-state index in [-0.39, 0.29) is 11.5 Å². The normalized spacial score (nSPS) is 17.2. The number of alkyl halides is 3. The number of carbonyl (C=O) groups excluding carboxylic acids is 1. The van der Waals surface area contributed by atoms with E-state index in [1.54, 1.807) is 17.9 Å². The minimum Gasteiger partial charge on any atom is -0.339 e. The van der Waals surface area contributed by atoms with Crippen molar-refractivity contribution in [1.82, 2.24) is 10.2 Å². The predicted molar refractivity (Wildman–Crippen MR) is 88.3 cm³/mol. The Balaban J connectivity index is 2.10. The molecule has 1 amide bonds. The zero-order valence-electron chi connectivity index (χ0n) is 14.0. The van der Waals surface area contributed by atoms with Gasteiger partial charge in [-0.3, -0.25) is 4.79 Å². The van der Waals surface area contributed by atoms with Gasteiger partial charge in [0, 0.05) is 19.2 Å². The summed E-state index contributed by atoms with van der Waals surface area (Å²) in [6, 6.07) is 5.35. The molecule has 0 unspecified atom stereocenters. The number of allylic oxidation sites excluding steroid dienone is 1. The number of rotatable bonds is 4. The topological polar surface area (TPSA) is 32.3 Å². The van der Waals surface area contributed by atoms with Crippen LogP contribution in [0.3, 0.4) is 0 Å². The summed E-state index contributed by atoms with van der Waals surface area (Å²) in [6.45, 7) is 3.78. The van der Waals surface area contributed by atoms with Gasteiger partial charge in [-0.25, -0.2) is 0 Å². The molecule has 0 radical (unpaired) electrons. The third-order valence-corrected chi connectivity index (χ3v) is 4.42. The number of nitrogens with zero attached hydrogens (tertiary/aromatic N) is 1. The SMILES string of the molecule is CNCC1CCN(C(=O)/C=C(\C)c2ccccc2C(F)(F)F)CC1. The monoisotopic (exact) mass is 340 g/mol. The Labute approximate surface area is 140 Å². The lowest BCUT2D eigenvalue weighted by atomic mass is 9.96. The Morgan fingerprint density at radius 2 is 1.92 bits per heavy atom. The zero-order valence-corrected chi connectivity index (χ0v) is 14.0. The van der Waals surface area contributed by atoms with Crippen molar-refractivity contribution in [3.8, 4) is 0 Å². The van der Waals surface area contributed by atoms with E-state index in [1.165, 1.54) is 18.2 Å². The van der Waals surface area contributed by atoms with E-state index in [0.29, 0.717) is 24.6 Å². The number of piperidine rings is 1. The fourth-order valence-electron chi connectivity index (χ4n) is 3.07. The summed E-state index contributed by atoms with van der Waals surface area (Å²) in [4.78, 5) is 14.1. The average Bonchev–Trinajstić information content (AvgIpc) is 2.55. The van der Waals surface area contributed by atoms with E-state index < -0.39 is 11.7 Å². The maximum atomic E-state index is 13.1. The molecule has 3 nitrogen and oxygen atoms in total. The highest BCUT2D eigenvalue weighted by molar-refractivity contribution is 5.95. The summed E-state index contributed by atoms with van der Waals surface area (Å²) >= 11 is 0. The number of nitrogens with one attached hydrogen (secondary N) is 1. The Bertz CT molecular complexity index is 603. The smallest absolute Gasteiger partial charge is 0.339 e. The molecule has 0 bridgehead atoms. The van der Waals surface area contributed by atoms with E-state index in [0.717, 1.165) is 25.5 Å². The number of likely N-dealkylation sites (tertiary alicyclic amines) is 1. The lowest BCUT2D eigenvalue weighted by Gasteiger charge is -2.31. The van der Waals surface area contributed by atoms with Gasteiger partial charge in [0.2, 0.25) is 5.91 Å². The first-order chi connectivity index (χ1) is 11.3. The van der Waals surface area contributed by atoms with E-state index in [4.69, 9.17) is 0 Å². The largest absolute Gasteiger partial charge is 0.416 e. The Morgan fingerprint density at radius 1 is 1.29 bits per heavy atom. The van der Waals surface area contributed by atoms with E-state index in [9.17, 15) is 18.0 Å². The van der Waals surface area contributed by atoms with Gasteiger partial charge in [-0.1, -0.05) is 18.2 Å². The summed E-state index contributed by atoms with van der Waals surface area (Å²) in [7, 11) is 1.90. The first kappa shape index (κ1) is 18.5. The van der Waals surface area contributed by atoms with Gasteiger partial charge in [0.15, 0.2) is 0 Å². The van der Waals surface area contributed by atoms with Crippen molar-refractivity contribution in [3.63, 3.8) is 0 Å². The second kappa shape index (κ2) is 7.83. The molecule has 24 heavy (non-hydrogen) atoms. The molecule has 1 heterocycles. The van der Waals surface area contributed by atoms with Crippen LogP contribution in [0.25, 0.3) is 5.57 Å². The molecular formula is C18H23F3N2O. The Kier molecular flexibility index (Phi) is 6.04. The first-order valence-corrected chi connectivity index (χ1v) is 8.11. The van der Waals surface area contributed by atoms with Crippen LogP contribution in [0, 0.1) is 5.92 Å². The predicted octanol–water partition coefficient (Wildman–Crippen LogP) is 3.57. The average molecular weight is 340 g/mol. The molecule has 0 spiro atoms. The van der Waals surface area contributed by atoms with Gasteiger partial charge >= 0.3 is 6.18 Å². The number of amides is 1. The van der Waals surface area contributed by atoms with Crippen molar-refractivity contribution < 1.29 is 18.0 Å². The minimum atomic E-state index is -4.43. The molecular weight excluding hydrogens is 317 g/mol. The number of benzene rings is 1. The molecule has 0 saturated carbocycles. The summed E-state index contributed by atoms with van der Waals surface area (Å²) in [5, 5.41) is 3.13. The van der Waals surface area contributed by atoms with E-state index >= 15 is 0 Å². The van der Waals surface area contributed by atoms with Gasteiger partial charge in [-0.2, -0.15) is 13.2 Å². The fourth-order valence-corrected chi connectivity index (χ4v) is 3.07. The summed E-state index contributed by atoms with van der Waals surface area (Å²) in [5.41, 5.74) is -0.312. The van der Waals surface area contributed by atoms with Crippen LogP contribution in [0.15, 0.2) is 30.3 Å². The lowest BCUT2D eigenvalue weighted by Crippen LogP contribution is -2.39. The molecule has 1 aliphatic heterocycles. The van der Waals surface area contributed by atoms with Crippen molar-refractivity contribution >= 4 is 11.5 Å². The van der Waals surface area contributed by atoms with Crippen molar-refractivity contribution in [2.75, 3.05) is 26.7 Å². The van der Waals surface area contributed by atoms with Crippen LogP contribution in [0.4, 0.5) is 13.2 Å². The van der Waals surface area contributed by atoms with Gasteiger partial charge < -0.3 is 10.2 Å². The molecule has 6 heteroatoms. The number of carbonyl (C=O) groups is 1. The summed E-state index contributed by atoms with van der Waals surface area (Å²) < 4.78 is 39.3. The standard InChI is InChI=1S/C18H23F3N2O/c1-13(15-5-3-4-6-16(15)18(19,20)21)11-17(24)23-9-7-14(8-10-23)12-22-2/h3-6,11,14,22H,7-10,12H2,1-2H3/b13-11+.